The third kappa shape index (κ3) is 0.935. The zero-order valence-corrected chi connectivity index (χ0v) is 5.90. The summed E-state index contributed by atoms with van der Waals surface area (Å²) in [6, 6.07) is 0. The maximum absolute atomic E-state index is 12.7. The Labute approximate surface area is 59.7 Å². The Hall–Kier alpha value is -0.150. The highest BCUT2D eigenvalue weighted by atomic mass is 19.1. The number of hydrogen-bond donors (Lipinski definition) is 1. The SMILES string of the molecule is FC1CNC2(CCOC2)C1. The molecule has 2 unspecified atom stereocenters. The van der Waals surface area contributed by atoms with Crippen LogP contribution >= 0.6 is 0 Å². The van der Waals surface area contributed by atoms with Gasteiger partial charge in [-0.2, -0.15) is 0 Å². The first-order valence-electron chi connectivity index (χ1n) is 3.78. The van der Waals surface area contributed by atoms with Crippen LogP contribution in [0.3, 0.4) is 0 Å². The molecule has 2 aliphatic heterocycles. The molecule has 0 aromatic rings. The monoisotopic (exact) mass is 145 g/mol. The first-order chi connectivity index (χ1) is 4.81. The predicted molar refractivity (Wildman–Crippen MR) is 35.7 cm³/mol. The van der Waals surface area contributed by atoms with Crippen LogP contribution in [0, 0.1) is 0 Å². The van der Waals surface area contributed by atoms with E-state index in [1.807, 2.05) is 0 Å². The average Bonchev–Trinajstić information content (AvgIpc) is 2.46. The van der Waals surface area contributed by atoms with Crippen molar-refractivity contribution < 1.29 is 9.13 Å². The Morgan fingerprint density at radius 3 is 3.00 bits per heavy atom. The van der Waals surface area contributed by atoms with Crippen LogP contribution in [-0.4, -0.2) is 31.5 Å². The summed E-state index contributed by atoms with van der Waals surface area (Å²) >= 11 is 0. The van der Waals surface area contributed by atoms with Gasteiger partial charge in [-0.25, -0.2) is 4.39 Å². The molecule has 0 bridgehead atoms. The Bertz CT molecular complexity index is 134. The number of rotatable bonds is 0. The van der Waals surface area contributed by atoms with E-state index < -0.39 is 6.17 Å². The fourth-order valence-electron chi connectivity index (χ4n) is 1.80. The van der Waals surface area contributed by atoms with Crippen molar-refractivity contribution >= 4 is 0 Å². The van der Waals surface area contributed by atoms with Crippen molar-refractivity contribution in [2.45, 2.75) is 24.6 Å². The lowest BCUT2D eigenvalue weighted by atomic mass is 9.97. The maximum atomic E-state index is 12.7. The molecule has 2 heterocycles. The van der Waals surface area contributed by atoms with Crippen molar-refractivity contribution in [2.75, 3.05) is 19.8 Å². The topological polar surface area (TPSA) is 21.3 Å². The van der Waals surface area contributed by atoms with E-state index in [0.29, 0.717) is 19.6 Å². The smallest absolute Gasteiger partial charge is 0.114 e. The lowest BCUT2D eigenvalue weighted by Crippen LogP contribution is -2.39. The minimum Gasteiger partial charge on any atom is -0.379 e. The molecule has 2 nitrogen and oxygen atoms in total. The van der Waals surface area contributed by atoms with Gasteiger partial charge in [0, 0.05) is 25.1 Å². The zero-order chi connectivity index (χ0) is 7.03. The molecule has 2 fully saturated rings. The van der Waals surface area contributed by atoms with E-state index in [2.05, 4.69) is 5.32 Å². The van der Waals surface area contributed by atoms with Gasteiger partial charge in [-0.05, 0) is 6.42 Å². The lowest BCUT2D eigenvalue weighted by molar-refractivity contribution is 0.170. The molecule has 0 saturated carbocycles. The third-order valence-electron chi connectivity index (χ3n) is 2.41. The highest BCUT2D eigenvalue weighted by Crippen LogP contribution is 2.29. The zero-order valence-electron chi connectivity index (χ0n) is 5.90. The first kappa shape index (κ1) is 6.55. The largest absolute Gasteiger partial charge is 0.379 e. The van der Waals surface area contributed by atoms with Gasteiger partial charge in [-0.1, -0.05) is 0 Å². The fourth-order valence-corrected chi connectivity index (χ4v) is 1.80. The van der Waals surface area contributed by atoms with E-state index >= 15 is 0 Å². The second kappa shape index (κ2) is 2.17. The summed E-state index contributed by atoms with van der Waals surface area (Å²) in [4.78, 5) is 0. The van der Waals surface area contributed by atoms with Crippen LogP contribution in [0.15, 0.2) is 0 Å². The van der Waals surface area contributed by atoms with Gasteiger partial charge in [0.05, 0.1) is 6.61 Å². The van der Waals surface area contributed by atoms with Gasteiger partial charge in [0.1, 0.15) is 6.17 Å². The van der Waals surface area contributed by atoms with E-state index in [0.717, 1.165) is 13.0 Å². The molecule has 2 aliphatic rings. The molecule has 0 amide bonds. The molecule has 0 aromatic heterocycles. The fraction of sp³-hybridized carbons (Fsp3) is 1.00. The number of nitrogens with one attached hydrogen (secondary N) is 1. The molecule has 2 rings (SSSR count). The van der Waals surface area contributed by atoms with Crippen LogP contribution < -0.4 is 5.32 Å². The normalized spacial score (nSPS) is 47.1. The maximum Gasteiger partial charge on any atom is 0.114 e. The molecule has 3 heteroatoms. The summed E-state index contributed by atoms with van der Waals surface area (Å²) in [6.07, 6.45) is 0.974. The summed E-state index contributed by atoms with van der Waals surface area (Å²) < 4.78 is 17.9. The van der Waals surface area contributed by atoms with Crippen molar-refractivity contribution in [1.29, 1.82) is 0 Å². The lowest BCUT2D eigenvalue weighted by Gasteiger charge is -2.19. The van der Waals surface area contributed by atoms with Crippen molar-refractivity contribution in [1.82, 2.24) is 5.32 Å². The van der Waals surface area contributed by atoms with Crippen LogP contribution in [0.5, 0.6) is 0 Å². The quantitative estimate of drug-likeness (QED) is 0.535. The van der Waals surface area contributed by atoms with Crippen LogP contribution in [-0.2, 0) is 4.74 Å². The van der Waals surface area contributed by atoms with Crippen molar-refractivity contribution in [3.63, 3.8) is 0 Å². The average molecular weight is 145 g/mol. The number of halogens is 1. The minimum atomic E-state index is -0.651. The van der Waals surface area contributed by atoms with Crippen LogP contribution in [0.1, 0.15) is 12.8 Å². The van der Waals surface area contributed by atoms with E-state index in [1.54, 1.807) is 0 Å². The molecule has 1 spiro atoms. The number of alkyl halides is 1. The van der Waals surface area contributed by atoms with Crippen molar-refractivity contribution in [2.24, 2.45) is 0 Å². The van der Waals surface area contributed by atoms with Gasteiger partial charge in [0.2, 0.25) is 0 Å². The Kier molecular flexibility index (Phi) is 1.42. The van der Waals surface area contributed by atoms with Crippen LogP contribution in [0.4, 0.5) is 4.39 Å². The van der Waals surface area contributed by atoms with E-state index in [9.17, 15) is 4.39 Å². The molecule has 1 N–H and O–H groups in total. The van der Waals surface area contributed by atoms with Crippen molar-refractivity contribution in [3.05, 3.63) is 0 Å². The molecular weight excluding hydrogens is 133 g/mol. The van der Waals surface area contributed by atoms with Gasteiger partial charge in [-0.3, -0.25) is 0 Å². The summed E-state index contributed by atoms with van der Waals surface area (Å²) in [5, 5.41) is 3.18. The second-order valence-electron chi connectivity index (χ2n) is 3.27. The van der Waals surface area contributed by atoms with Gasteiger partial charge in [0.15, 0.2) is 0 Å². The Morgan fingerprint density at radius 2 is 2.50 bits per heavy atom. The predicted octanol–water partition coefficient (Wildman–Crippen LogP) is 0.477. The van der Waals surface area contributed by atoms with Crippen LogP contribution in [0.25, 0.3) is 0 Å². The molecule has 0 aromatic carbocycles. The molecule has 2 atom stereocenters. The van der Waals surface area contributed by atoms with Crippen molar-refractivity contribution in [3.8, 4) is 0 Å². The van der Waals surface area contributed by atoms with Gasteiger partial charge >= 0.3 is 0 Å². The highest BCUT2D eigenvalue weighted by molar-refractivity contribution is 4.99. The molecule has 0 radical (unpaired) electrons. The summed E-state index contributed by atoms with van der Waals surface area (Å²) in [5.41, 5.74) is 0.0133. The summed E-state index contributed by atoms with van der Waals surface area (Å²) in [6.45, 7) is 2.01. The molecule has 2 saturated heterocycles. The van der Waals surface area contributed by atoms with Gasteiger partial charge in [-0.15, -0.1) is 0 Å². The molecule has 10 heavy (non-hydrogen) atoms. The summed E-state index contributed by atoms with van der Waals surface area (Å²) in [5.74, 6) is 0. The minimum absolute atomic E-state index is 0.0133. The summed E-state index contributed by atoms with van der Waals surface area (Å²) in [7, 11) is 0. The van der Waals surface area contributed by atoms with E-state index in [4.69, 9.17) is 4.74 Å². The highest BCUT2D eigenvalue weighted by Gasteiger charge is 2.41. The molecule has 58 valence electrons. The number of hydrogen-bond acceptors (Lipinski definition) is 2. The Morgan fingerprint density at radius 1 is 1.60 bits per heavy atom. The van der Waals surface area contributed by atoms with E-state index in [1.165, 1.54) is 0 Å². The molecule has 0 aliphatic carbocycles. The molecular formula is C7H12FNO. The second-order valence-corrected chi connectivity index (χ2v) is 3.27. The third-order valence-corrected chi connectivity index (χ3v) is 2.41. The Balaban J connectivity index is 2.03. The van der Waals surface area contributed by atoms with Gasteiger partial charge in [0.25, 0.3) is 0 Å². The number of ether oxygens (including phenoxy) is 1. The van der Waals surface area contributed by atoms with Gasteiger partial charge < -0.3 is 10.1 Å². The van der Waals surface area contributed by atoms with E-state index in [-0.39, 0.29) is 5.54 Å². The van der Waals surface area contributed by atoms with Crippen LogP contribution in [0.2, 0.25) is 0 Å². The standard InChI is InChI=1S/C7H12FNO/c8-6-3-7(9-4-6)1-2-10-5-7/h6,9H,1-5H2. The first-order valence-corrected chi connectivity index (χ1v) is 3.78.